The van der Waals surface area contributed by atoms with Crippen molar-refractivity contribution in [2.75, 3.05) is 5.73 Å². The molecule has 0 atom stereocenters. The first-order valence-electron chi connectivity index (χ1n) is 5.85. The van der Waals surface area contributed by atoms with Crippen molar-refractivity contribution in [1.29, 1.82) is 0 Å². The number of halogens is 2. The summed E-state index contributed by atoms with van der Waals surface area (Å²) in [5.74, 6) is -1.21. The van der Waals surface area contributed by atoms with E-state index in [1.165, 1.54) is 18.2 Å². The lowest BCUT2D eigenvalue weighted by atomic mass is 10.2. The quantitative estimate of drug-likeness (QED) is 0.882. The lowest BCUT2D eigenvalue weighted by Crippen LogP contribution is -2.10. The molecule has 0 aliphatic rings. The number of nitrogen functional groups attached to an aromatic ring is 1. The van der Waals surface area contributed by atoms with Gasteiger partial charge < -0.3 is 5.73 Å². The molecule has 0 fully saturated rings. The van der Waals surface area contributed by atoms with Crippen LogP contribution in [0.15, 0.2) is 42.5 Å². The van der Waals surface area contributed by atoms with Gasteiger partial charge in [-0.1, -0.05) is 29.8 Å². The van der Waals surface area contributed by atoms with E-state index in [2.05, 4.69) is 0 Å². The number of sulfone groups is 1. The van der Waals surface area contributed by atoms with Gasteiger partial charge in [0.2, 0.25) is 0 Å². The largest absolute Gasteiger partial charge is 0.398 e. The zero-order valence-electron chi connectivity index (χ0n) is 10.5. The first kappa shape index (κ1) is 14.8. The monoisotopic (exact) mass is 313 g/mol. The highest BCUT2D eigenvalue weighted by atomic mass is 35.5. The fraction of sp³-hybridized carbons (Fsp3) is 0.143. The second-order valence-electron chi connectivity index (χ2n) is 4.47. The van der Waals surface area contributed by atoms with Crippen LogP contribution in [-0.2, 0) is 21.3 Å². The molecule has 2 aromatic rings. The molecule has 2 rings (SSSR count). The molecule has 6 heteroatoms. The summed E-state index contributed by atoms with van der Waals surface area (Å²) in [6, 6.07) is 10.6. The van der Waals surface area contributed by atoms with Crippen molar-refractivity contribution in [3.63, 3.8) is 0 Å². The highest BCUT2D eigenvalue weighted by molar-refractivity contribution is 7.89. The van der Waals surface area contributed by atoms with Crippen LogP contribution in [0.3, 0.4) is 0 Å². The molecule has 0 aliphatic carbocycles. The van der Waals surface area contributed by atoms with Crippen molar-refractivity contribution in [2.24, 2.45) is 0 Å². The van der Waals surface area contributed by atoms with Crippen LogP contribution in [0.1, 0.15) is 11.1 Å². The van der Waals surface area contributed by atoms with E-state index in [1.807, 2.05) is 0 Å². The van der Waals surface area contributed by atoms with Gasteiger partial charge in [0.15, 0.2) is 9.84 Å². The Hall–Kier alpha value is -1.59. The van der Waals surface area contributed by atoms with Crippen LogP contribution in [0, 0.1) is 5.82 Å². The Kier molecular flexibility index (Phi) is 4.30. The molecular formula is C14H13ClFNO2S. The van der Waals surface area contributed by atoms with Crippen LogP contribution in [0.2, 0.25) is 5.02 Å². The molecule has 0 aromatic heterocycles. The molecule has 0 amide bonds. The summed E-state index contributed by atoms with van der Waals surface area (Å²) in [4.78, 5) is 0. The first-order chi connectivity index (χ1) is 9.37. The second-order valence-corrected chi connectivity index (χ2v) is 6.97. The third-order valence-corrected chi connectivity index (χ3v) is 4.57. The van der Waals surface area contributed by atoms with Gasteiger partial charge in [-0.2, -0.15) is 0 Å². The summed E-state index contributed by atoms with van der Waals surface area (Å²) < 4.78 is 37.8. The van der Waals surface area contributed by atoms with E-state index in [0.717, 1.165) is 0 Å². The van der Waals surface area contributed by atoms with Gasteiger partial charge in [0.25, 0.3) is 0 Å². The van der Waals surface area contributed by atoms with Gasteiger partial charge in [0.1, 0.15) is 5.82 Å². The minimum Gasteiger partial charge on any atom is -0.398 e. The molecule has 3 nitrogen and oxygen atoms in total. The standard InChI is InChI=1S/C14H13ClFNO2S/c15-11-6-4-10(5-7-11)8-20(18,19)9-12-13(16)2-1-3-14(12)17/h1-7H,8-9,17H2. The van der Waals surface area contributed by atoms with Crippen LogP contribution in [0.25, 0.3) is 0 Å². The molecule has 0 saturated carbocycles. The van der Waals surface area contributed by atoms with Crippen LogP contribution < -0.4 is 5.73 Å². The van der Waals surface area contributed by atoms with E-state index in [0.29, 0.717) is 10.6 Å². The average Bonchev–Trinajstić information content (AvgIpc) is 2.37. The number of benzene rings is 2. The van der Waals surface area contributed by atoms with E-state index >= 15 is 0 Å². The lowest BCUT2D eigenvalue weighted by molar-refractivity contribution is 0.586. The summed E-state index contributed by atoms with van der Waals surface area (Å²) >= 11 is 5.74. The minimum atomic E-state index is -3.51. The Morgan fingerprint density at radius 2 is 1.70 bits per heavy atom. The van der Waals surface area contributed by atoms with E-state index in [1.54, 1.807) is 24.3 Å². The smallest absolute Gasteiger partial charge is 0.158 e. The Morgan fingerprint density at radius 3 is 2.30 bits per heavy atom. The van der Waals surface area contributed by atoms with Gasteiger partial charge in [0.05, 0.1) is 11.5 Å². The SMILES string of the molecule is Nc1cccc(F)c1CS(=O)(=O)Cc1ccc(Cl)cc1. The molecule has 0 spiro atoms. The Balaban J connectivity index is 2.21. The molecule has 0 radical (unpaired) electrons. The highest BCUT2D eigenvalue weighted by Gasteiger charge is 2.17. The summed E-state index contributed by atoms with van der Waals surface area (Å²) in [5.41, 5.74) is 6.38. The molecule has 2 N–H and O–H groups in total. The van der Waals surface area contributed by atoms with Crippen molar-refractivity contribution in [3.8, 4) is 0 Å². The van der Waals surface area contributed by atoms with Crippen LogP contribution in [0.5, 0.6) is 0 Å². The van der Waals surface area contributed by atoms with E-state index in [4.69, 9.17) is 17.3 Å². The summed E-state index contributed by atoms with van der Waals surface area (Å²) in [6.45, 7) is 0. The van der Waals surface area contributed by atoms with Gasteiger partial charge in [-0.05, 0) is 29.8 Å². The van der Waals surface area contributed by atoms with Crippen molar-refractivity contribution >= 4 is 27.1 Å². The molecule has 20 heavy (non-hydrogen) atoms. The predicted octanol–water partition coefficient (Wildman–Crippen LogP) is 3.18. The molecular weight excluding hydrogens is 301 g/mol. The number of nitrogens with two attached hydrogens (primary N) is 1. The van der Waals surface area contributed by atoms with Crippen molar-refractivity contribution in [2.45, 2.75) is 11.5 Å². The van der Waals surface area contributed by atoms with Gasteiger partial charge in [-0.15, -0.1) is 0 Å². The Labute approximate surface area is 122 Å². The maximum Gasteiger partial charge on any atom is 0.158 e. The zero-order valence-corrected chi connectivity index (χ0v) is 12.1. The summed E-state index contributed by atoms with van der Waals surface area (Å²) in [5, 5.41) is 0.532. The highest BCUT2D eigenvalue weighted by Crippen LogP contribution is 2.21. The number of anilines is 1. The third kappa shape index (κ3) is 3.71. The second kappa shape index (κ2) is 5.81. The van der Waals surface area contributed by atoms with Crippen LogP contribution in [-0.4, -0.2) is 8.42 Å². The minimum absolute atomic E-state index is 0.0152. The lowest BCUT2D eigenvalue weighted by Gasteiger charge is -2.08. The predicted molar refractivity (Wildman–Crippen MR) is 78.6 cm³/mol. The molecule has 0 saturated heterocycles. The molecule has 0 unspecified atom stereocenters. The van der Waals surface area contributed by atoms with Crippen molar-refractivity contribution < 1.29 is 12.8 Å². The number of hydrogen-bond donors (Lipinski definition) is 1. The van der Waals surface area contributed by atoms with E-state index in [9.17, 15) is 12.8 Å². The topological polar surface area (TPSA) is 60.2 Å². The van der Waals surface area contributed by atoms with Crippen LogP contribution >= 0.6 is 11.6 Å². The van der Waals surface area contributed by atoms with Gasteiger partial charge in [0, 0.05) is 16.3 Å². The fourth-order valence-electron chi connectivity index (χ4n) is 1.83. The number of hydrogen-bond acceptors (Lipinski definition) is 3. The summed E-state index contributed by atoms with van der Waals surface area (Å²) in [6.07, 6.45) is 0. The van der Waals surface area contributed by atoms with Crippen molar-refractivity contribution in [3.05, 3.63) is 64.4 Å². The fourth-order valence-corrected chi connectivity index (χ4v) is 3.51. The van der Waals surface area contributed by atoms with E-state index < -0.39 is 21.4 Å². The molecule has 0 aliphatic heterocycles. The van der Waals surface area contributed by atoms with Gasteiger partial charge >= 0.3 is 0 Å². The summed E-state index contributed by atoms with van der Waals surface area (Å²) in [7, 11) is -3.51. The number of rotatable bonds is 4. The van der Waals surface area contributed by atoms with E-state index in [-0.39, 0.29) is 17.0 Å². The van der Waals surface area contributed by atoms with Crippen molar-refractivity contribution in [1.82, 2.24) is 0 Å². The van der Waals surface area contributed by atoms with Gasteiger partial charge in [-0.3, -0.25) is 0 Å². The van der Waals surface area contributed by atoms with Gasteiger partial charge in [-0.25, -0.2) is 12.8 Å². The normalized spacial score (nSPS) is 11.5. The average molecular weight is 314 g/mol. The molecule has 0 heterocycles. The third-order valence-electron chi connectivity index (χ3n) is 2.82. The molecule has 2 aromatic carbocycles. The maximum absolute atomic E-state index is 13.6. The Morgan fingerprint density at radius 1 is 1.05 bits per heavy atom. The maximum atomic E-state index is 13.6. The zero-order chi connectivity index (χ0) is 14.8. The Bertz CT molecular complexity index is 694. The first-order valence-corrected chi connectivity index (χ1v) is 8.05. The molecule has 0 bridgehead atoms. The molecule has 106 valence electrons. The van der Waals surface area contributed by atoms with Crippen LogP contribution in [0.4, 0.5) is 10.1 Å².